The van der Waals surface area contributed by atoms with E-state index in [0.717, 1.165) is 26.5 Å². The molecule has 134 valence electrons. The molecule has 5 nitrogen and oxygen atoms in total. The van der Waals surface area contributed by atoms with E-state index in [1.165, 1.54) is 16.9 Å². The Bertz CT molecular complexity index is 915. The molecule has 0 saturated heterocycles. The normalized spacial score (nSPS) is 12.8. The molecule has 0 spiro atoms. The first kappa shape index (κ1) is 17.5. The Labute approximate surface area is 164 Å². The van der Waals surface area contributed by atoms with Crippen molar-refractivity contribution < 1.29 is 9.47 Å². The van der Waals surface area contributed by atoms with Crippen LogP contribution in [0, 0.1) is 6.92 Å². The summed E-state index contributed by atoms with van der Waals surface area (Å²) in [7, 11) is 0. The number of anilines is 2. The Morgan fingerprint density at radius 3 is 2.81 bits per heavy atom. The molecule has 0 aliphatic carbocycles. The molecule has 0 fully saturated rings. The minimum absolute atomic E-state index is 0.530. The molecule has 3 aromatic rings. The average molecular weight is 406 g/mol. The van der Waals surface area contributed by atoms with Crippen molar-refractivity contribution in [1.82, 2.24) is 10.2 Å². The molecular weight excluding hydrogens is 390 g/mol. The predicted molar refractivity (Wildman–Crippen MR) is 106 cm³/mol. The Balaban J connectivity index is 1.40. The molecule has 1 aromatic heterocycles. The van der Waals surface area contributed by atoms with Gasteiger partial charge in [0.05, 0.1) is 5.02 Å². The highest BCUT2D eigenvalue weighted by Gasteiger charge is 2.17. The summed E-state index contributed by atoms with van der Waals surface area (Å²) >= 11 is 9.43. The third-order valence-corrected chi connectivity index (χ3v) is 6.05. The van der Waals surface area contributed by atoms with Gasteiger partial charge in [0, 0.05) is 11.4 Å². The van der Waals surface area contributed by atoms with E-state index in [0.29, 0.717) is 29.7 Å². The summed E-state index contributed by atoms with van der Waals surface area (Å²) in [4.78, 5) is 0. The maximum atomic E-state index is 6.28. The highest BCUT2D eigenvalue weighted by Crippen LogP contribution is 2.40. The Hall–Kier alpha value is -1.96. The van der Waals surface area contributed by atoms with Crippen LogP contribution >= 0.6 is 34.7 Å². The smallest absolute Gasteiger partial charge is 0.210 e. The van der Waals surface area contributed by atoms with Gasteiger partial charge in [-0.15, -0.1) is 10.2 Å². The van der Waals surface area contributed by atoms with Crippen LogP contribution in [-0.2, 0) is 5.75 Å². The first-order valence-electron chi connectivity index (χ1n) is 8.05. The number of rotatable bonds is 5. The molecule has 1 aliphatic heterocycles. The second kappa shape index (κ2) is 7.73. The molecule has 2 aromatic carbocycles. The van der Waals surface area contributed by atoms with Gasteiger partial charge in [-0.2, -0.15) is 0 Å². The molecule has 26 heavy (non-hydrogen) atoms. The van der Waals surface area contributed by atoms with Crippen molar-refractivity contribution in [3.8, 4) is 11.5 Å². The van der Waals surface area contributed by atoms with E-state index >= 15 is 0 Å². The summed E-state index contributed by atoms with van der Waals surface area (Å²) in [6.07, 6.45) is 0. The number of halogens is 1. The van der Waals surface area contributed by atoms with E-state index in [2.05, 4.69) is 34.6 Å². The van der Waals surface area contributed by atoms with Crippen molar-refractivity contribution in [2.45, 2.75) is 17.0 Å². The highest BCUT2D eigenvalue weighted by atomic mass is 35.5. The third-order valence-electron chi connectivity index (χ3n) is 3.73. The molecule has 0 atom stereocenters. The van der Waals surface area contributed by atoms with Gasteiger partial charge in [-0.3, -0.25) is 0 Å². The number of aryl methyl sites for hydroxylation is 1. The number of hydrogen-bond donors (Lipinski definition) is 1. The largest absolute Gasteiger partial charge is 0.486 e. The predicted octanol–water partition coefficient (Wildman–Crippen LogP) is 5.31. The number of thioether (sulfide) groups is 1. The lowest BCUT2D eigenvalue weighted by molar-refractivity contribution is 0.171. The van der Waals surface area contributed by atoms with Crippen LogP contribution in [0.5, 0.6) is 11.5 Å². The fourth-order valence-electron chi connectivity index (χ4n) is 2.47. The summed E-state index contributed by atoms with van der Waals surface area (Å²) in [5, 5.41) is 13.1. The summed E-state index contributed by atoms with van der Waals surface area (Å²) in [5.41, 5.74) is 3.29. The van der Waals surface area contributed by atoms with Gasteiger partial charge in [0.1, 0.15) is 13.2 Å². The summed E-state index contributed by atoms with van der Waals surface area (Å²) in [6.45, 7) is 3.14. The van der Waals surface area contributed by atoms with Crippen molar-refractivity contribution >= 4 is 45.5 Å². The van der Waals surface area contributed by atoms with Crippen molar-refractivity contribution in [3.05, 3.63) is 52.5 Å². The Kier molecular flexibility index (Phi) is 5.19. The maximum absolute atomic E-state index is 6.28. The molecule has 0 bridgehead atoms. The highest BCUT2D eigenvalue weighted by molar-refractivity contribution is 8.00. The SMILES string of the molecule is Cc1ccc(Nc2nnc(SCc3cc(Cl)c4c(c3)OCCO4)s2)cc1. The minimum Gasteiger partial charge on any atom is -0.486 e. The zero-order valence-electron chi connectivity index (χ0n) is 14.0. The van der Waals surface area contributed by atoms with Gasteiger partial charge in [-0.05, 0) is 36.8 Å². The Morgan fingerprint density at radius 1 is 1.15 bits per heavy atom. The van der Waals surface area contributed by atoms with Crippen molar-refractivity contribution in [2.75, 3.05) is 18.5 Å². The molecule has 0 radical (unpaired) electrons. The van der Waals surface area contributed by atoms with Gasteiger partial charge < -0.3 is 14.8 Å². The van der Waals surface area contributed by atoms with Crippen molar-refractivity contribution in [2.24, 2.45) is 0 Å². The molecule has 0 saturated carbocycles. The van der Waals surface area contributed by atoms with Gasteiger partial charge in [0.15, 0.2) is 15.8 Å². The van der Waals surface area contributed by atoms with Gasteiger partial charge in [0.2, 0.25) is 5.13 Å². The van der Waals surface area contributed by atoms with Crippen LogP contribution in [0.15, 0.2) is 40.7 Å². The number of hydrogen-bond acceptors (Lipinski definition) is 7. The zero-order chi connectivity index (χ0) is 17.9. The van der Waals surface area contributed by atoms with Gasteiger partial charge in [-0.1, -0.05) is 52.4 Å². The van der Waals surface area contributed by atoms with Crippen LogP contribution < -0.4 is 14.8 Å². The fraction of sp³-hybridized carbons (Fsp3) is 0.222. The maximum Gasteiger partial charge on any atom is 0.210 e. The van der Waals surface area contributed by atoms with E-state index in [4.69, 9.17) is 21.1 Å². The van der Waals surface area contributed by atoms with Crippen LogP contribution in [0.3, 0.4) is 0 Å². The van der Waals surface area contributed by atoms with Gasteiger partial charge >= 0.3 is 0 Å². The summed E-state index contributed by atoms with van der Waals surface area (Å²) < 4.78 is 12.1. The third kappa shape index (κ3) is 4.06. The topological polar surface area (TPSA) is 56.3 Å². The number of benzene rings is 2. The number of nitrogens with zero attached hydrogens (tertiary/aromatic N) is 2. The van der Waals surface area contributed by atoms with Crippen LogP contribution in [-0.4, -0.2) is 23.4 Å². The first-order valence-corrected chi connectivity index (χ1v) is 10.2. The van der Waals surface area contributed by atoms with Crippen molar-refractivity contribution in [3.63, 3.8) is 0 Å². The lowest BCUT2D eigenvalue weighted by Gasteiger charge is -2.20. The molecule has 1 N–H and O–H groups in total. The quantitative estimate of drug-likeness (QED) is 0.581. The van der Waals surface area contributed by atoms with Crippen molar-refractivity contribution in [1.29, 1.82) is 0 Å². The molecule has 0 unspecified atom stereocenters. The van der Waals surface area contributed by atoms with Gasteiger partial charge in [-0.25, -0.2) is 0 Å². The van der Waals surface area contributed by atoms with Gasteiger partial charge in [0.25, 0.3) is 0 Å². The number of ether oxygens (including phenoxy) is 2. The lowest BCUT2D eigenvalue weighted by Crippen LogP contribution is -2.15. The molecule has 8 heteroatoms. The van der Waals surface area contributed by atoms with E-state index in [-0.39, 0.29) is 0 Å². The number of fused-ring (bicyclic) bond motifs is 1. The minimum atomic E-state index is 0.530. The monoisotopic (exact) mass is 405 g/mol. The number of nitrogens with one attached hydrogen (secondary N) is 1. The van der Waals surface area contributed by atoms with Crippen LogP contribution in [0.25, 0.3) is 0 Å². The van der Waals surface area contributed by atoms with E-state index in [9.17, 15) is 0 Å². The average Bonchev–Trinajstić information content (AvgIpc) is 3.09. The zero-order valence-corrected chi connectivity index (χ0v) is 16.4. The van der Waals surface area contributed by atoms with Crippen LogP contribution in [0.2, 0.25) is 5.02 Å². The Morgan fingerprint density at radius 2 is 1.96 bits per heavy atom. The van der Waals surface area contributed by atoms with E-state index in [1.54, 1.807) is 11.8 Å². The second-order valence-electron chi connectivity index (χ2n) is 5.75. The summed E-state index contributed by atoms with van der Waals surface area (Å²) in [5.74, 6) is 2.07. The number of aromatic nitrogens is 2. The summed E-state index contributed by atoms with van der Waals surface area (Å²) in [6, 6.07) is 12.1. The molecule has 1 aliphatic rings. The lowest BCUT2D eigenvalue weighted by atomic mass is 10.2. The van der Waals surface area contributed by atoms with Crippen LogP contribution in [0.1, 0.15) is 11.1 Å². The second-order valence-corrected chi connectivity index (χ2v) is 8.36. The fourth-order valence-corrected chi connectivity index (χ4v) is 4.46. The van der Waals surface area contributed by atoms with Crippen LogP contribution in [0.4, 0.5) is 10.8 Å². The standard InChI is InChI=1S/C18H16ClN3O2S2/c1-11-2-4-13(5-3-11)20-17-21-22-18(26-17)25-10-12-8-14(19)16-15(9-12)23-6-7-24-16/h2-5,8-9H,6-7,10H2,1H3,(H,20,21). The van der Waals surface area contributed by atoms with E-state index < -0.39 is 0 Å². The van der Waals surface area contributed by atoms with E-state index in [1.807, 2.05) is 24.3 Å². The first-order chi connectivity index (χ1) is 12.7. The molecule has 0 amide bonds. The molecule has 4 rings (SSSR count). The molecular formula is C18H16ClN3O2S2. The molecule has 2 heterocycles.